The molecular formula is C23H31N3O2. The molecule has 28 heavy (non-hydrogen) atoms. The number of carbonyl (C=O) groups excluding carboxylic acids is 2. The standard InChI is InChI=1S/C23H31N3O2/c1-5-21(16-18-10-8-7-9-11-18)26(6-2)23(28)24-20-14-12-19(13-15-20)17-22(27)25(3)4/h7-15,21H,5-6,16-17H2,1-4H3,(H,24,28)/t21-/m1/s1. The Morgan fingerprint density at radius 3 is 2.11 bits per heavy atom. The Morgan fingerprint density at radius 2 is 1.57 bits per heavy atom. The molecule has 0 radical (unpaired) electrons. The quantitative estimate of drug-likeness (QED) is 0.745. The molecule has 1 atom stereocenters. The monoisotopic (exact) mass is 381 g/mol. The number of carbonyl (C=O) groups is 2. The van der Waals surface area contributed by atoms with Gasteiger partial charge in [-0.15, -0.1) is 0 Å². The van der Waals surface area contributed by atoms with Crippen molar-refractivity contribution in [2.45, 2.75) is 39.2 Å². The first kappa shape index (κ1) is 21.5. The number of rotatable bonds is 8. The fourth-order valence-corrected chi connectivity index (χ4v) is 3.16. The third-order valence-corrected chi connectivity index (χ3v) is 4.89. The van der Waals surface area contributed by atoms with Crippen LogP contribution in [0.3, 0.4) is 0 Å². The third-order valence-electron chi connectivity index (χ3n) is 4.89. The van der Waals surface area contributed by atoms with E-state index >= 15 is 0 Å². The highest BCUT2D eigenvalue weighted by Crippen LogP contribution is 2.16. The summed E-state index contributed by atoms with van der Waals surface area (Å²) in [7, 11) is 3.49. The Kier molecular flexibility index (Phi) is 8.05. The van der Waals surface area contributed by atoms with E-state index in [0.29, 0.717) is 13.0 Å². The van der Waals surface area contributed by atoms with E-state index in [2.05, 4.69) is 24.4 Å². The molecule has 0 aromatic heterocycles. The summed E-state index contributed by atoms with van der Waals surface area (Å²) in [5.74, 6) is 0.0562. The van der Waals surface area contributed by atoms with E-state index < -0.39 is 0 Å². The van der Waals surface area contributed by atoms with Gasteiger partial charge in [0.05, 0.1) is 6.42 Å². The van der Waals surface area contributed by atoms with E-state index in [4.69, 9.17) is 0 Å². The van der Waals surface area contributed by atoms with Gasteiger partial charge in [-0.25, -0.2) is 4.79 Å². The first-order chi connectivity index (χ1) is 13.4. The molecule has 5 heteroatoms. The fourth-order valence-electron chi connectivity index (χ4n) is 3.16. The predicted octanol–water partition coefficient (Wildman–Crippen LogP) is 4.19. The Hall–Kier alpha value is -2.82. The van der Waals surface area contributed by atoms with Gasteiger partial charge in [-0.05, 0) is 43.0 Å². The van der Waals surface area contributed by atoms with Crippen LogP contribution in [-0.2, 0) is 17.6 Å². The minimum absolute atomic E-state index is 0.0562. The van der Waals surface area contributed by atoms with Crippen molar-refractivity contribution in [1.29, 1.82) is 0 Å². The third kappa shape index (κ3) is 6.12. The maximum atomic E-state index is 12.8. The SMILES string of the molecule is CC[C@H](Cc1ccccc1)N(CC)C(=O)Nc1ccc(CC(=O)N(C)C)cc1. The zero-order valence-electron chi connectivity index (χ0n) is 17.3. The van der Waals surface area contributed by atoms with Gasteiger partial charge in [0.2, 0.25) is 5.91 Å². The van der Waals surface area contributed by atoms with Crippen molar-refractivity contribution in [2.75, 3.05) is 26.0 Å². The number of urea groups is 1. The van der Waals surface area contributed by atoms with Crippen LogP contribution in [0, 0.1) is 0 Å². The van der Waals surface area contributed by atoms with Gasteiger partial charge < -0.3 is 15.1 Å². The summed E-state index contributed by atoms with van der Waals surface area (Å²) >= 11 is 0. The highest BCUT2D eigenvalue weighted by Gasteiger charge is 2.21. The zero-order chi connectivity index (χ0) is 20.5. The van der Waals surface area contributed by atoms with Crippen molar-refractivity contribution in [3.63, 3.8) is 0 Å². The normalized spacial score (nSPS) is 11.6. The molecule has 0 aliphatic rings. The van der Waals surface area contributed by atoms with Crippen LogP contribution in [0.5, 0.6) is 0 Å². The Morgan fingerprint density at radius 1 is 0.929 bits per heavy atom. The van der Waals surface area contributed by atoms with Gasteiger partial charge >= 0.3 is 6.03 Å². The molecular weight excluding hydrogens is 350 g/mol. The summed E-state index contributed by atoms with van der Waals surface area (Å²) in [5.41, 5.74) is 2.90. The van der Waals surface area contributed by atoms with E-state index in [-0.39, 0.29) is 18.0 Å². The summed E-state index contributed by atoms with van der Waals surface area (Å²) in [6.07, 6.45) is 2.09. The summed E-state index contributed by atoms with van der Waals surface area (Å²) in [6.45, 7) is 4.76. The van der Waals surface area contributed by atoms with E-state index in [1.807, 2.05) is 54.3 Å². The lowest BCUT2D eigenvalue weighted by atomic mass is 10.0. The van der Waals surface area contributed by atoms with Gasteiger partial charge in [-0.3, -0.25) is 4.79 Å². The summed E-state index contributed by atoms with van der Waals surface area (Å²) < 4.78 is 0. The lowest BCUT2D eigenvalue weighted by Gasteiger charge is -2.30. The molecule has 150 valence electrons. The molecule has 2 rings (SSSR count). The van der Waals surface area contributed by atoms with Crippen molar-refractivity contribution in [2.24, 2.45) is 0 Å². The molecule has 0 bridgehead atoms. The molecule has 0 spiro atoms. The predicted molar refractivity (Wildman–Crippen MR) is 114 cm³/mol. The average Bonchev–Trinajstić information content (AvgIpc) is 2.69. The number of likely N-dealkylation sites (N-methyl/N-ethyl adjacent to an activating group) is 2. The van der Waals surface area contributed by atoms with Gasteiger partial charge in [0.15, 0.2) is 0 Å². The minimum atomic E-state index is -0.0950. The Bertz CT molecular complexity index is 757. The van der Waals surface area contributed by atoms with Crippen LogP contribution in [0.4, 0.5) is 10.5 Å². The second kappa shape index (κ2) is 10.5. The van der Waals surface area contributed by atoms with E-state index in [1.165, 1.54) is 5.56 Å². The number of anilines is 1. The topological polar surface area (TPSA) is 52.7 Å². The van der Waals surface area contributed by atoms with Gasteiger partial charge in [0.25, 0.3) is 0 Å². The van der Waals surface area contributed by atoms with Crippen LogP contribution in [0.15, 0.2) is 54.6 Å². The molecule has 0 unspecified atom stereocenters. The summed E-state index contributed by atoms with van der Waals surface area (Å²) in [5, 5.41) is 2.99. The molecule has 0 aliphatic carbocycles. The van der Waals surface area contributed by atoms with Crippen LogP contribution in [-0.4, -0.2) is 48.4 Å². The molecule has 2 aromatic carbocycles. The molecule has 2 aromatic rings. The van der Waals surface area contributed by atoms with Crippen molar-refractivity contribution in [1.82, 2.24) is 9.80 Å². The van der Waals surface area contributed by atoms with Crippen LogP contribution in [0.25, 0.3) is 0 Å². The van der Waals surface area contributed by atoms with Crippen LogP contribution in [0.1, 0.15) is 31.4 Å². The molecule has 0 aliphatic heterocycles. The van der Waals surface area contributed by atoms with E-state index in [0.717, 1.165) is 24.1 Å². The second-order valence-corrected chi connectivity index (χ2v) is 7.13. The molecule has 0 fully saturated rings. The zero-order valence-corrected chi connectivity index (χ0v) is 17.3. The first-order valence-electron chi connectivity index (χ1n) is 9.85. The number of nitrogens with one attached hydrogen (secondary N) is 1. The van der Waals surface area contributed by atoms with Crippen molar-refractivity contribution >= 4 is 17.6 Å². The number of hydrogen-bond donors (Lipinski definition) is 1. The number of benzene rings is 2. The Labute approximate surface area is 168 Å². The summed E-state index contributed by atoms with van der Waals surface area (Å²) in [6, 6.07) is 17.8. The van der Waals surface area contributed by atoms with Crippen LogP contribution >= 0.6 is 0 Å². The van der Waals surface area contributed by atoms with Crippen molar-refractivity contribution < 1.29 is 9.59 Å². The largest absolute Gasteiger partial charge is 0.349 e. The van der Waals surface area contributed by atoms with Gasteiger partial charge in [0, 0.05) is 32.4 Å². The molecule has 3 amide bonds. The Balaban J connectivity index is 2.01. The van der Waals surface area contributed by atoms with Gasteiger partial charge in [0.1, 0.15) is 0 Å². The highest BCUT2D eigenvalue weighted by molar-refractivity contribution is 5.89. The smallest absolute Gasteiger partial charge is 0.322 e. The van der Waals surface area contributed by atoms with Crippen molar-refractivity contribution in [3.05, 3.63) is 65.7 Å². The maximum absolute atomic E-state index is 12.8. The van der Waals surface area contributed by atoms with Gasteiger partial charge in [-0.2, -0.15) is 0 Å². The van der Waals surface area contributed by atoms with Crippen molar-refractivity contribution in [3.8, 4) is 0 Å². The minimum Gasteiger partial charge on any atom is -0.349 e. The molecule has 5 nitrogen and oxygen atoms in total. The average molecular weight is 382 g/mol. The first-order valence-corrected chi connectivity index (χ1v) is 9.85. The lowest BCUT2D eigenvalue weighted by molar-refractivity contribution is -0.127. The van der Waals surface area contributed by atoms with E-state index in [1.54, 1.807) is 19.0 Å². The van der Waals surface area contributed by atoms with E-state index in [9.17, 15) is 9.59 Å². The number of nitrogens with zero attached hydrogens (tertiary/aromatic N) is 2. The molecule has 0 saturated carbocycles. The molecule has 0 heterocycles. The molecule has 0 saturated heterocycles. The lowest BCUT2D eigenvalue weighted by Crippen LogP contribution is -2.43. The second-order valence-electron chi connectivity index (χ2n) is 7.13. The molecule has 1 N–H and O–H groups in total. The highest BCUT2D eigenvalue weighted by atomic mass is 16.2. The van der Waals surface area contributed by atoms with Crippen LogP contribution < -0.4 is 5.32 Å². The maximum Gasteiger partial charge on any atom is 0.322 e. The summed E-state index contributed by atoms with van der Waals surface area (Å²) in [4.78, 5) is 28.1. The number of hydrogen-bond acceptors (Lipinski definition) is 2. The van der Waals surface area contributed by atoms with Gasteiger partial charge in [-0.1, -0.05) is 49.4 Å². The fraction of sp³-hybridized carbons (Fsp3) is 0.391. The number of amides is 3. The van der Waals surface area contributed by atoms with Crippen LogP contribution in [0.2, 0.25) is 0 Å².